The van der Waals surface area contributed by atoms with Crippen molar-refractivity contribution in [3.05, 3.63) is 34.9 Å². The molecule has 1 aliphatic carbocycles. The highest BCUT2D eigenvalue weighted by molar-refractivity contribution is 5.39. The smallest absolute Gasteiger partial charge is 0.0588 e. The van der Waals surface area contributed by atoms with Crippen LogP contribution in [0.4, 0.5) is 0 Å². The van der Waals surface area contributed by atoms with Crippen LogP contribution in [-0.2, 0) is 23.0 Å². The molecule has 0 spiro atoms. The zero-order valence-corrected chi connectivity index (χ0v) is 12.0. The molecule has 1 aromatic carbocycles. The third-order valence-corrected chi connectivity index (χ3v) is 5.19. The van der Waals surface area contributed by atoms with Crippen LogP contribution in [0.2, 0.25) is 0 Å². The minimum Gasteiger partial charge on any atom is -0.379 e. The number of hydrogen-bond donors (Lipinski definition) is 1. The van der Waals surface area contributed by atoms with Crippen LogP contribution in [0.1, 0.15) is 42.9 Å². The second-order valence-corrected chi connectivity index (χ2v) is 6.32. The van der Waals surface area contributed by atoms with Gasteiger partial charge in [-0.3, -0.25) is 0 Å². The zero-order valence-electron chi connectivity index (χ0n) is 12.0. The summed E-state index contributed by atoms with van der Waals surface area (Å²) in [5, 5.41) is 0. The summed E-state index contributed by atoms with van der Waals surface area (Å²) in [4.78, 5) is 0. The van der Waals surface area contributed by atoms with Crippen molar-refractivity contribution in [1.82, 2.24) is 0 Å². The highest BCUT2D eigenvalue weighted by Crippen LogP contribution is 2.42. The third kappa shape index (κ3) is 2.21. The van der Waals surface area contributed by atoms with Crippen molar-refractivity contribution in [3.8, 4) is 0 Å². The van der Waals surface area contributed by atoms with Crippen molar-refractivity contribution in [2.75, 3.05) is 19.8 Å². The van der Waals surface area contributed by atoms with Crippen LogP contribution in [0.3, 0.4) is 0 Å². The van der Waals surface area contributed by atoms with Crippen LogP contribution in [-0.4, -0.2) is 19.8 Å². The molecule has 3 rings (SSSR count). The van der Waals surface area contributed by atoms with E-state index in [4.69, 9.17) is 10.5 Å². The molecule has 0 radical (unpaired) electrons. The standard InChI is InChI=1S/C17H25NO/c1-13(8-9-18)17(11-19-12-17)16-7-6-14-4-2-3-5-15(14)10-16/h6-7,10,13H,2-5,8-9,11-12,18H2,1H3. The fourth-order valence-corrected chi connectivity index (χ4v) is 3.63. The topological polar surface area (TPSA) is 35.2 Å². The van der Waals surface area contributed by atoms with Crippen LogP contribution in [0.25, 0.3) is 0 Å². The maximum atomic E-state index is 5.75. The molecule has 1 fully saturated rings. The molecule has 1 unspecified atom stereocenters. The normalized spacial score (nSPS) is 22.4. The summed E-state index contributed by atoms with van der Waals surface area (Å²) in [7, 11) is 0. The van der Waals surface area contributed by atoms with E-state index < -0.39 is 0 Å². The summed E-state index contributed by atoms with van der Waals surface area (Å²) < 4.78 is 5.56. The second kappa shape index (κ2) is 5.26. The van der Waals surface area contributed by atoms with Gasteiger partial charge in [0.05, 0.1) is 13.2 Å². The summed E-state index contributed by atoms with van der Waals surface area (Å²) in [6.07, 6.45) is 6.30. The molecule has 104 valence electrons. The Morgan fingerprint density at radius 2 is 1.95 bits per heavy atom. The van der Waals surface area contributed by atoms with Gasteiger partial charge in [-0.1, -0.05) is 25.1 Å². The second-order valence-electron chi connectivity index (χ2n) is 6.32. The Morgan fingerprint density at radius 1 is 1.21 bits per heavy atom. The van der Waals surface area contributed by atoms with E-state index >= 15 is 0 Å². The van der Waals surface area contributed by atoms with Gasteiger partial charge < -0.3 is 10.5 Å². The lowest BCUT2D eigenvalue weighted by Crippen LogP contribution is -2.52. The molecule has 1 saturated heterocycles. The van der Waals surface area contributed by atoms with Crippen molar-refractivity contribution in [1.29, 1.82) is 0 Å². The maximum absolute atomic E-state index is 5.75. The summed E-state index contributed by atoms with van der Waals surface area (Å²) in [5.74, 6) is 0.605. The molecule has 2 heteroatoms. The largest absolute Gasteiger partial charge is 0.379 e. The SMILES string of the molecule is CC(CCN)C1(c2ccc3c(c2)CCCC3)COC1. The van der Waals surface area contributed by atoms with Crippen molar-refractivity contribution in [2.45, 2.75) is 44.4 Å². The Bertz CT molecular complexity index is 451. The van der Waals surface area contributed by atoms with E-state index in [1.54, 1.807) is 11.1 Å². The van der Waals surface area contributed by atoms with E-state index in [1.807, 2.05) is 0 Å². The Kier molecular flexibility index (Phi) is 3.64. The minimum atomic E-state index is 0.228. The van der Waals surface area contributed by atoms with Gasteiger partial charge in [0.15, 0.2) is 0 Å². The Hall–Kier alpha value is -0.860. The number of ether oxygens (including phenoxy) is 1. The molecule has 0 amide bonds. The molecule has 2 N–H and O–H groups in total. The first-order valence-electron chi connectivity index (χ1n) is 7.66. The first kappa shape index (κ1) is 13.1. The van der Waals surface area contributed by atoms with Gasteiger partial charge in [-0.05, 0) is 61.3 Å². The van der Waals surface area contributed by atoms with E-state index in [2.05, 4.69) is 25.1 Å². The van der Waals surface area contributed by atoms with E-state index in [-0.39, 0.29) is 5.41 Å². The molecule has 1 heterocycles. The van der Waals surface area contributed by atoms with Gasteiger partial charge in [-0.15, -0.1) is 0 Å². The molecule has 0 bridgehead atoms. The number of nitrogens with two attached hydrogens (primary N) is 1. The van der Waals surface area contributed by atoms with Gasteiger partial charge in [-0.2, -0.15) is 0 Å². The molecule has 2 nitrogen and oxygen atoms in total. The predicted octanol–water partition coefficient (Wildman–Crippen LogP) is 2.82. The van der Waals surface area contributed by atoms with Crippen LogP contribution >= 0.6 is 0 Å². The molecule has 1 atom stereocenters. The summed E-state index contributed by atoms with van der Waals surface area (Å²) >= 11 is 0. The van der Waals surface area contributed by atoms with Gasteiger partial charge >= 0.3 is 0 Å². The molecule has 0 saturated carbocycles. The average molecular weight is 259 g/mol. The quantitative estimate of drug-likeness (QED) is 0.902. The summed E-state index contributed by atoms with van der Waals surface area (Å²) in [6, 6.07) is 7.17. The number of hydrogen-bond acceptors (Lipinski definition) is 2. The van der Waals surface area contributed by atoms with Crippen molar-refractivity contribution in [3.63, 3.8) is 0 Å². The highest BCUT2D eigenvalue weighted by atomic mass is 16.5. The van der Waals surface area contributed by atoms with Gasteiger partial charge in [0.25, 0.3) is 0 Å². The first-order valence-corrected chi connectivity index (χ1v) is 7.66. The van der Waals surface area contributed by atoms with Crippen LogP contribution < -0.4 is 5.73 Å². The molecule has 19 heavy (non-hydrogen) atoms. The Labute approximate surface area is 116 Å². The van der Waals surface area contributed by atoms with Gasteiger partial charge in [0.1, 0.15) is 0 Å². The average Bonchev–Trinajstić information content (AvgIpc) is 2.38. The Balaban J connectivity index is 1.91. The molecule has 2 aliphatic rings. The van der Waals surface area contributed by atoms with Crippen LogP contribution in [0, 0.1) is 5.92 Å². The van der Waals surface area contributed by atoms with Crippen molar-refractivity contribution in [2.24, 2.45) is 11.7 Å². The monoisotopic (exact) mass is 259 g/mol. The van der Waals surface area contributed by atoms with Crippen LogP contribution in [0.15, 0.2) is 18.2 Å². The van der Waals surface area contributed by atoms with E-state index in [0.717, 1.165) is 26.2 Å². The van der Waals surface area contributed by atoms with Gasteiger partial charge in [0, 0.05) is 5.41 Å². The van der Waals surface area contributed by atoms with Gasteiger partial charge in [-0.25, -0.2) is 0 Å². The molecule has 1 aliphatic heterocycles. The Morgan fingerprint density at radius 3 is 2.58 bits per heavy atom. The highest BCUT2D eigenvalue weighted by Gasteiger charge is 2.44. The lowest BCUT2D eigenvalue weighted by molar-refractivity contribution is -0.0883. The van der Waals surface area contributed by atoms with Crippen molar-refractivity contribution >= 4 is 0 Å². The number of fused-ring (bicyclic) bond motifs is 1. The summed E-state index contributed by atoms with van der Waals surface area (Å²) in [6.45, 7) is 4.84. The maximum Gasteiger partial charge on any atom is 0.0588 e. The third-order valence-electron chi connectivity index (χ3n) is 5.19. The molecular weight excluding hydrogens is 234 g/mol. The summed E-state index contributed by atoms with van der Waals surface area (Å²) in [5.41, 5.74) is 10.6. The lowest BCUT2D eigenvalue weighted by atomic mass is 9.67. The number of benzene rings is 1. The first-order chi connectivity index (χ1) is 9.26. The van der Waals surface area contributed by atoms with E-state index in [9.17, 15) is 0 Å². The minimum absolute atomic E-state index is 0.228. The van der Waals surface area contributed by atoms with Crippen molar-refractivity contribution < 1.29 is 4.74 Å². The molecule has 1 aromatic rings. The fraction of sp³-hybridized carbons (Fsp3) is 0.647. The zero-order chi connectivity index (χ0) is 13.3. The number of aryl methyl sites for hydroxylation is 2. The fourth-order valence-electron chi connectivity index (χ4n) is 3.63. The number of rotatable bonds is 4. The molecular formula is C17H25NO. The lowest BCUT2D eigenvalue weighted by Gasteiger charge is -2.47. The van der Waals surface area contributed by atoms with Crippen LogP contribution in [0.5, 0.6) is 0 Å². The predicted molar refractivity (Wildman–Crippen MR) is 78.4 cm³/mol. The van der Waals surface area contributed by atoms with E-state index in [0.29, 0.717) is 5.92 Å². The van der Waals surface area contributed by atoms with E-state index in [1.165, 1.54) is 31.2 Å². The molecule has 0 aromatic heterocycles. The van der Waals surface area contributed by atoms with Gasteiger partial charge in [0.2, 0.25) is 0 Å².